The zero-order chi connectivity index (χ0) is 13.5. The van der Waals surface area contributed by atoms with E-state index in [0.717, 1.165) is 30.4 Å². The Morgan fingerprint density at radius 2 is 2.15 bits per heavy atom. The topological polar surface area (TPSA) is 49.7 Å². The molecule has 2 fully saturated rings. The van der Waals surface area contributed by atoms with Gasteiger partial charge in [-0.05, 0) is 43.6 Å². The zero-order valence-electron chi connectivity index (χ0n) is 11.2. The number of nitrogens with zero attached hydrogens (tertiary/aromatic N) is 4. The standard InChI is InChI=1S/C14H17N5S/c20-14-17-16-13(10-2-1-6-15-8-10)19(14)12-5-7-18(9-12)11-3-4-11/h1-2,6,8,11-12H,3-5,7,9H2,(H,17,20). The van der Waals surface area contributed by atoms with Crippen LogP contribution in [-0.2, 0) is 0 Å². The molecule has 104 valence electrons. The Labute approximate surface area is 122 Å². The van der Waals surface area contributed by atoms with Crippen molar-refractivity contribution in [3.05, 3.63) is 29.3 Å². The molecule has 1 unspecified atom stereocenters. The number of hydrogen-bond donors (Lipinski definition) is 1. The molecule has 20 heavy (non-hydrogen) atoms. The summed E-state index contributed by atoms with van der Waals surface area (Å²) in [6.45, 7) is 2.26. The number of aromatic amines is 1. The predicted molar refractivity (Wildman–Crippen MR) is 78.9 cm³/mol. The highest BCUT2D eigenvalue weighted by Crippen LogP contribution is 2.34. The van der Waals surface area contributed by atoms with Gasteiger partial charge in [0.15, 0.2) is 10.6 Å². The molecular weight excluding hydrogens is 270 g/mol. The summed E-state index contributed by atoms with van der Waals surface area (Å²) in [6.07, 6.45) is 7.49. The van der Waals surface area contributed by atoms with Gasteiger partial charge in [0.1, 0.15) is 0 Å². The van der Waals surface area contributed by atoms with Gasteiger partial charge in [0.25, 0.3) is 0 Å². The van der Waals surface area contributed by atoms with Gasteiger partial charge in [0.2, 0.25) is 0 Å². The average molecular weight is 287 g/mol. The van der Waals surface area contributed by atoms with Crippen LogP contribution in [0.25, 0.3) is 11.4 Å². The summed E-state index contributed by atoms with van der Waals surface area (Å²) < 4.78 is 2.89. The predicted octanol–water partition coefficient (Wildman–Crippen LogP) is 2.41. The van der Waals surface area contributed by atoms with E-state index >= 15 is 0 Å². The lowest BCUT2D eigenvalue weighted by Crippen LogP contribution is -2.24. The molecule has 1 atom stereocenters. The molecule has 2 aliphatic rings. The van der Waals surface area contributed by atoms with E-state index in [0.29, 0.717) is 10.8 Å². The van der Waals surface area contributed by atoms with E-state index in [1.807, 2.05) is 18.3 Å². The molecule has 3 heterocycles. The second-order valence-corrected chi connectivity index (χ2v) is 6.02. The molecule has 5 nitrogen and oxygen atoms in total. The van der Waals surface area contributed by atoms with Crippen LogP contribution in [0.2, 0.25) is 0 Å². The van der Waals surface area contributed by atoms with E-state index in [1.165, 1.54) is 19.4 Å². The van der Waals surface area contributed by atoms with E-state index in [4.69, 9.17) is 12.2 Å². The van der Waals surface area contributed by atoms with Crippen molar-refractivity contribution in [3.8, 4) is 11.4 Å². The summed E-state index contributed by atoms with van der Waals surface area (Å²) in [5.41, 5.74) is 1.02. The first-order valence-corrected chi connectivity index (χ1v) is 7.55. The fourth-order valence-corrected chi connectivity index (χ4v) is 3.37. The van der Waals surface area contributed by atoms with Crippen molar-refractivity contribution in [2.75, 3.05) is 13.1 Å². The summed E-state index contributed by atoms with van der Waals surface area (Å²) in [4.78, 5) is 6.77. The summed E-state index contributed by atoms with van der Waals surface area (Å²) in [5, 5.41) is 7.35. The molecule has 1 aliphatic heterocycles. The Morgan fingerprint density at radius 1 is 1.25 bits per heavy atom. The number of aromatic nitrogens is 4. The van der Waals surface area contributed by atoms with Crippen LogP contribution < -0.4 is 0 Å². The second kappa shape index (κ2) is 4.79. The number of likely N-dealkylation sites (tertiary alicyclic amines) is 1. The molecule has 0 amide bonds. The lowest BCUT2D eigenvalue weighted by molar-refractivity contribution is 0.313. The van der Waals surface area contributed by atoms with Crippen LogP contribution in [0.5, 0.6) is 0 Å². The van der Waals surface area contributed by atoms with Crippen LogP contribution in [0.15, 0.2) is 24.5 Å². The number of hydrogen-bond acceptors (Lipinski definition) is 4. The molecule has 0 radical (unpaired) electrons. The fraction of sp³-hybridized carbons (Fsp3) is 0.500. The van der Waals surface area contributed by atoms with Gasteiger partial charge in [-0.2, -0.15) is 5.10 Å². The zero-order valence-corrected chi connectivity index (χ0v) is 12.0. The minimum atomic E-state index is 0.428. The highest BCUT2D eigenvalue weighted by atomic mass is 32.1. The summed E-state index contributed by atoms with van der Waals surface area (Å²) >= 11 is 5.44. The van der Waals surface area contributed by atoms with Crippen molar-refractivity contribution in [2.24, 2.45) is 0 Å². The quantitative estimate of drug-likeness (QED) is 0.881. The molecule has 0 spiro atoms. The van der Waals surface area contributed by atoms with Gasteiger partial charge >= 0.3 is 0 Å². The first kappa shape index (κ1) is 12.2. The SMILES string of the molecule is S=c1[nH]nc(-c2cccnc2)n1C1CCN(C2CC2)C1. The normalized spacial score (nSPS) is 23.3. The first-order valence-electron chi connectivity index (χ1n) is 7.14. The third kappa shape index (κ3) is 2.09. The van der Waals surface area contributed by atoms with Crippen LogP contribution in [0.4, 0.5) is 0 Å². The van der Waals surface area contributed by atoms with E-state index < -0.39 is 0 Å². The molecule has 1 aliphatic carbocycles. The number of pyridine rings is 1. The highest BCUT2D eigenvalue weighted by molar-refractivity contribution is 7.71. The van der Waals surface area contributed by atoms with Gasteiger partial charge in [-0.1, -0.05) is 0 Å². The van der Waals surface area contributed by atoms with Crippen LogP contribution in [0, 0.1) is 4.77 Å². The Hall–Kier alpha value is -1.53. The third-order valence-corrected chi connectivity index (χ3v) is 4.54. The second-order valence-electron chi connectivity index (χ2n) is 5.63. The summed E-state index contributed by atoms with van der Waals surface area (Å²) in [6, 6.07) is 5.21. The van der Waals surface area contributed by atoms with E-state index in [-0.39, 0.29) is 0 Å². The van der Waals surface area contributed by atoms with Crippen LogP contribution >= 0.6 is 12.2 Å². The highest BCUT2D eigenvalue weighted by Gasteiger charge is 2.35. The van der Waals surface area contributed by atoms with E-state index in [2.05, 4.69) is 24.6 Å². The Kier molecular flexibility index (Phi) is 2.93. The molecule has 4 rings (SSSR count). The molecule has 0 aromatic carbocycles. The van der Waals surface area contributed by atoms with Gasteiger partial charge < -0.3 is 0 Å². The van der Waals surface area contributed by atoms with E-state index in [9.17, 15) is 0 Å². The Bertz CT molecular complexity index is 658. The Morgan fingerprint density at radius 3 is 2.90 bits per heavy atom. The first-order chi connectivity index (χ1) is 9.83. The van der Waals surface area contributed by atoms with E-state index in [1.54, 1.807) is 6.20 Å². The monoisotopic (exact) mass is 287 g/mol. The smallest absolute Gasteiger partial charge is 0.195 e. The average Bonchev–Trinajstić information content (AvgIpc) is 3.09. The molecule has 6 heteroatoms. The molecule has 0 bridgehead atoms. The van der Waals surface area contributed by atoms with Gasteiger partial charge in [0, 0.05) is 37.1 Å². The molecule has 1 saturated carbocycles. The fourth-order valence-electron chi connectivity index (χ4n) is 3.09. The van der Waals surface area contributed by atoms with Crippen LogP contribution in [0.1, 0.15) is 25.3 Å². The van der Waals surface area contributed by atoms with Crippen LogP contribution in [-0.4, -0.2) is 43.8 Å². The minimum Gasteiger partial charge on any atom is -0.298 e. The van der Waals surface area contributed by atoms with Crippen molar-refractivity contribution in [3.63, 3.8) is 0 Å². The van der Waals surface area contributed by atoms with Gasteiger partial charge in [0.05, 0.1) is 6.04 Å². The number of H-pyrrole nitrogens is 1. The molecule has 2 aromatic rings. The largest absolute Gasteiger partial charge is 0.298 e. The number of rotatable bonds is 3. The van der Waals surface area contributed by atoms with Crippen molar-refractivity contribution in [1.29, 1.82) is 0 Å². The van der Waals surface area contributed by atoms with Crippen molar-refractivity contribution in [1.82, 2.24) is 24.6 Å². The van der Waals surface area contributed by atoms with Crippen molar-refractivity contribution < 1.29 is 0 Å². The number of nitrogens with one attached hydrogen (secondary N) is 1. The molecular formula is C14H17N5S. The summed E-state index contributed by atoms with van der Waals surface area (Å²) in [5.74, 6) is 0.908. The lowest BCUT2D eigenvalue weighted by atomic mass is 10.2. The van der Waals surface area contributed by atoms with Crippen molar-refractivity contribution >= 4 is 12.2 Å². The van der Waals surface area contributed by atoms with Crippen LogP contribution in [0.3, 0.4) is 0 Å². The molecule has 1 saturated heterocycles. The Balaban J connectivity index is 1.68. The minimum absolute atomic E-state index is 0.428. The maximum atomic E-state index is 5.44. The maximum absolute atomic E-state index is 5.44. The molecule has 2 aromatic heterocycles. The summed E-state index contributed by atoms with van der Waals surface area (Å²) in [7, 11) is 0. The maximum Gasteiger partial charge on any atom is 0.195 e. The van der Waals surface area contributed by atoms with Gasteiger partial charge in [-0.25, -0.2) is 0 Å². The molecule has 1 N–H and O–H groups in total. The van der Waals surface area contributed by atoms with Gasteiger partial charge in [-0.3, -0.25) is 19.5 Å². The van der Waals surface area contributed by atoms with Crippen molar-refractivity contribution in [2.45, 2.75) is 31.3 Å². The van der Waals surface area contributed by atoms with Gasteiger partial charge in [-0.15, -0.1) is 0 Å². The third-order valence-electron chi connectivity index (χ3n) is 4.25. The lowest BCUT2D eigenvalue weighted by Gasteiger charge is -2.16.